The lowest BCUT2D eigenvalue weighted by molar-refractivity contribution is -0.0593. The second-order valence-electron chi connectivity index (χ2n) is 8.21. The van der Waals surface area contributed by atoms with Gasteiger partial charge in [-0.15, -0.1) is 0 Å². The number of pyridine rings is 1. The Hall–Kier alpha value is -2.78. The third-order valence-corrected chi connectivity index (χ3v) is 5.89. The Bertz CT molecular complexity index is 1060. The number of ether oxygens (including phenoxy) is 2. The van der Waals surface area contributed by atoms with Crippen molar-refractivity contribution in [2.45, 2.75) is 38.4 Å². The summed E-state index contributed by atoms with van der Waals surface area (Å²) in [5, 5.41) is 3.05. The Morgan fingerprint density at radius 1 is 1.41 bits per heavy atom. The minimum Gasteiger partial charge on any atom is -0.471 e. The van der Waals surface area contributed by atoms with Gasteiger partial charge in [0.25, 0.3) is 18.2 Å². The highest BCUT2D eigenvalue weighted by Crippen LogP contribution is 2.35. The molecular weight excluding hydrogens is 444 g/mol. The molecule has 1 fully saturated rings. The second kappa shape index (κ2) is 8.63. The lowest BCUT2D eigenvalue weighted by Crippen LogP contribution is -2.60. The van der Waals surface area contributed by atoms with Crippen LogP contribution in [0.4, 0.5) is 8.78 Å². The summed E-state index contributed by atoms with van der Waals surface area (Å²) in [4.78, 5) is 31.6. The summed E-state index contributed by atoms with van der Waals surface area (Å²) in [6, 6.07) is 6.21. The molecule has 0 saturated carbocycles. The first-order chi connectivity index (χ1) is 15.2. The van der Waals surface area contributed by atoms with Crippen LogP contribution in [0.3, 0.4) is 0 Å². The van der Waals surface area contributed by atoms with Gasteiger partial charge in [0.1, 0.15) is 5.02 Å². The molecule has 1 aromatic carbocycles. The molecule has 1 atom stereocenters. The van der Waals surface area contributed by atoms with Crippen molar-refractivity contribution in [3.8, 4) is 5.88 Å². The predicted molar refractivity (Wildman–Crippen MR) is 112 cm³/mol. The van der Waals surface area contributed by atoms with Crippen LogP contribution in [0.15, 0.2) is 30.5 Å². The first-order valence-electron chi connectivity index (χ1n) is 10.1. The lowest BCUT2D eigenvalue weighted by Gasteiger charge is -2.38. The number of benzene rings is 1. The number of halogens is 3. The van der Waals surface area contributed by atoms with Gasteiger partial charge in [-0.3, -0.25) is 9.59 Å². The van der Waals surface area contributed by atoms with Gasteiger partial charge in [0.05, 0.1) is 24.8 Å². The molecule has 1 N–H and O–H groups in total. The van der Waals surface area contributed by atoms with Gasteiger partial charge in [-0.2, -0.15) is 0 Å². The van der Waals surface area contributed by atoms with Crippen molar-refractivity contribution in [1.82, 2.24) is 15.2 Å². The van der Waals surface area contributed by atoms with Crippen molar-refractivity contribution in [2.24, 2.45) is 0 Å². The molecule has 2 amide bonds. The van der Waals surface area contributed by atoms with E-state index in [0.29, 0.717) is 35.5 Å². The Labute approximate surface area is 188 Å². The topological polar surface area (TPSA) is 80.8 Å². The fourth-order valence-corrected chi connectivity index (χ4v) is 4.03. The molecule has 4 rings (SSSR count). The van der Waals surface area contributed by atoms with Crippen molar-refractivity contribution in [3.63, 3.8) is 0 Å². The molecule has 1 unspecified atom stereocenters. The van der Waals surface area contributed by atoms with Gasteiger partial charge >= 0.3 is 0 Å². The van der Waals surface area contributed by atoms with E-state index in [1.165, 1.54) is 6.20 Å². The molecule has 2 aliphatic heterocycles. The van der Waals surface area contributed by atoms with Crippen molar-refractivity contribution < 1.29 is 27.8 Å². The maximum atomic E-state index is 13.1. The number of amides is 2. The number of rotatable bonds is 7. The molecule has 170 valence electrons. The van der Waals surface area contributed by atoms with Gasteiger partial charge in [-0.25, -0.2) is 13.8 Å². The summed E-state index contributed by atoms with van der Waals surface area (Å²) in [7, 11) is 0. The van der Waals surface area contributed by atoms with Crippen LogP contribution in [-0.4, -0.2) is 53.5 Å². The molecule has 3 heterocycles. The van der Waals surface area contributed by atoms with E-state index < -0.39 is 24.6 Å². The summed E-state index contributed by atoms with van der Waals surface area (Å²) in [6.07, 6.45) is -1.20. The summed E-state index contributed by atoms with van der Waals surface area (Å²) in [5.74, 6) is -0.555. The zero-order chi connectivity index (χ0) is 23.0. The highest BCUT2D eigenvalue weighted by atomic mass is 35.5. The Morgan fingerprint density at radius 2 is 2.16 bits per heavy atom. The average molecular weight is 466 g/mol. The molecule has 1 saturated heterocycles. The Balaban J connectivity index is 1.53. The van der Waals surface area contributed by atoms with E-state index in [-0.39, 0.29) is 29.3 Å². The first kappa shape index (κ1) is 22.4. The minimum atomic E-state index is -2.64. The number of carbonyl (C=O) groups excluding carboxylic acids is 2. The maximum absolute atomic E-state index is 13.1. The predicted octanol–water partition coefficient (Wildman–Crippen LogP) is 3.61. The van der Waals surface area contributed by atoms with Gasteiger partial charge in [0.15, 0.2) is 6.61 Å². The summed E-state index contributed by atoms with van der Waals surface area (Å²) >= 11 is 6.14. The highest BCUT2D eigenvalue weighted by molar-refractivity contribution is 6.31. The van der Waals surface area contributed by atoms with Crippen LogP contribution in [0.25, 0.3) is 0 Å². The van der Waals surface area contributed by atoms with Crippen molar-refractivity contribution in [1.29, 1.82) is 0 Å². The summed E-state index contributed by atoms with van der Waals surface area (Å²) in [5.41, 5.74) is 1.78. The number of fused-ring (bicyclic) bond motifs is 1. The van der Waals surface area contributed by atoms with E-state index in [2.05, 4.69) is 10.3 Å². The second-order valence-corrected chi connectivity index (χ2v) is 8.61. The molecular formula is C22H22ClF2N3O4. The van der Waals surface area contributed by atoms with Crippen molar-refractivity contribution in [3.05, 3.63) is 57.7 Å². The van der Waals surface area contributed by atoms with Gasteiger partial charge < -0.3 is 19.7 Å². The van der Waals surface area contributed by atoms with Crippen LogP contribution in [0.1, 0.15) is 51.7 Å². The van der Waals surface area contributed by atoms with Gasteiger partial charge in [-0.05, 0) is 43.2 Å². The molecule has 1 aromatic heterocycles. The number of nitrogens with zero attached hydrogens (tertiary/aromatic N) is 2. The molecule has 0 bridgehead atoms. The number of alkyl halides is 2. The molecule has 2 aromatic rings. The fourth-order valence-electron chi connectivity index (χ4n) is 3.80. The maximum Gasteiger partial charge on any atom is 0.272 e. The molecule has 10 heteroatoms. The number of hydrogen-bond acceptors (Lipinski definition) is 5. The highest BCUT2D eigenvalue weighted by Gasteiger charge is 2.38. The van der Waals surface area contributed by atoms with Crippen LogP contribution in [0.2, 0.25) is 5.02 Å². The molecule has 0 radical (unpaired) electrons. The van der Waals surface area contributed by atoms with Crippen LogP contribution >= 0.6 is 11.6 Å². The molecule has 0 aliphatic carbocycles. The molecule has 2 aliphatic rings. The molecule has 32 heavy (non-hydrogen) atoms. The summed E-state index contributed by atoms with van der Waals surface area (Å²) in [6.45, 7) is 4.04. The van der Waals surface area contributed by atoms with Crippen molar-refractivity contribution >= 4 is 23.4 Å². The zero-order valence-electron chi connectivity index (χ0n) is 17.5. The Kier molecular flexibility index (Phi) is 6.05. The monoisotopic (exact) mass is 465 g/mol. The van der Waals surface area contributed by atoms with E-state index in [9.17, 15) is 18.4 Å². The summed E-state index contributed by atoms with van der Waals surface area (Å²) < 4.78 is 34.8. The normalized spacial score (nSPS) is 17.7. The van der Waals surface area contributed by atoms with E-state index in [1.807, 2.05) is 13.8 Å². The Morgan fingerprint density at radius 3 is 2.78 bits per heavy atom. The average Bonchev–Trinajstić information content (AvgIpc) is 3.07. The SMILES string of the molecule is CC(c1cnc(OCC(F)F)c(Cl)c1)N1Cc2c(C(=O)NC3(C)COC3)cccc2C1=O. The van der Waals surface area contributed by atoms with E-state index >= 15 is 0 Å². The van der Waals surface area contributed by atoms with E-state index in [0.717, 1.165) is 0 Å². The quantitative estimate of drug-likeness (QED) is 0.675. The van der Waals surface area contributed by atoms with Crippen LogP contribution < -0.4 is 10.1 Å². The van der Waals surface area contributed by atoms with Gasteiger partial charge in [0.2, 0.25) is 5.88 Å². The number of carbonyl (C=O) groups is 2. The first-order valence-corrected chi connectivity index (χ1v) is 10.5. The van der Waals surface area contributed by atoms with Crippen LogP contribution in [-0.2, 0) is 11.3 Å². The van der Waals surface area contributed by atoms with Crippen LogP contribution in [0.5, 0.6) is 5.88 Å². The smallest absolute Gasteiger partial charge is 0.272 e. The fraction of sp³-hybridized carbons (Fsp3) is 0.409. The minimum absolute atomic E-state index is 0.0789. The number of aromatic nitrogens is 1. The number of hydrogen-bond donors (Lipinski definition) is 1. The van der Waals surface area contributed by atoms with Crippen LogP contribution in [0, 0.1) is 0 Å². The van der Waals surface area contributed by atoms with Crippen molar-refractivity contribution in [2.75, 3.05) is 19.8 Å². The molecule has 7 nitrogen and oxygen atoms in total. The van der Waals surface area contributed by atoms with Gasteiger partial charge in [0, 0.05) is 23.9 Å². The van der Waals surface area contributed by atoms with Gasteiger partial charge in [-0.1, -0.05) is 17.7 Å². The molecule has 0 spiro atoms. The van der Waals surface area contributed by atoms with E-state index in [4.69, 9.17) is 21.1 Å². The largest absolute Gasteiger partial charge is 0.471 e. The number of nitrogens with one attached hydrogen (secondary N) is 1. The lowest BCUT2D eigenvalue weighted by atomic mass is 9.98. The standard InChI is InChI=1S/C22H22ClF2N3O4/c1-12(13-6-17(23)20(26-7-13)32-9-18(24)25)28-8-16-14(4-3-5-15(16)21(28)30)19(29)27-22(2)10-31-11-22/h3-7,12,18H,8-11H2,1-2H3,(H,27,29). The van der Waals surface area contributed by atoms with E-state index in [1.54, 1.807) is 29.2 Å². The third kappa shape index (κ3) is 4.27. The zero-order valence-corrected chi connectivity index (χ0v) is 18.3. The third-order valence-electron chi connectivity index (χ3n) is 5.62.